The third-order valence-electron chi connectivity index (χ3n) is 5.62. The maximum Gasteiger partial charge on any atom is 0.266 e. The SMILES string of the molecule is Cc1ccc(S(=O)(=O)N2C(=O)C[C@@H]([Si](C)(C)c3ccccc3)[C@@H]2C)cc1. The quantitative estimate of drug-likeness (QED) is 0.757. The number of carbonyl (C=O) groups excluding carboxylic acids is 1. The zero-order chi connectivity index (χ0) is 19.1. The first-order valence-electron chi connectivity index (χ1n) is 8.85. The zero-order valence-electron chi connectivity index (χ0n) is 15.6. The lowest BCUT2D eigenvalue weighted by atomic mass is 10.2. The van der Waals surface area contributed by atoms with Gasteiger partial charge in [-0.1, -0.05) is 66.3 Å². The van der Waals surface area contributed by atoms with Crippen molar-refractivity contribution in [3.05, 3.63) is 60.2 Å². The molecule has 2 atom stereocenters. The molecule has 0 saturated carbocycles. The molecule has 1 heterocycles. The van der Waals surface area contributed by atoms with Crippen molar-refractivity contribution >= 4 is 29.2 Å². The van der Waals surface area contributed by atoms with Crippen LogP contribution in [0.5, 0.6) is 0 Å². The Bertz CT molecular complexity index is 908. The van der Waals surface area contributed by atoms with Gasteiger partial charge in [-0.3, -0.25) is 4.79 Å². The van der Waals surface area contributed by atoms with E-state index < -0.39 is 18.1 Å². The highest BCUT2D eigenvalue weighted by molar-refractivity contribution is 7.89. The van der Waals surface area contributed by atoms with Gasteiger partial charge in [0.2, 0.25) is 5.91 Å². The lowest BCUT2D eigenvalue weighted by Gasteiger charge is -2.34. The molecule has 1 amide bonds. The number of sulfonamides is 1. The van der Waals surface area contributed by atoms with E-state index in [0.717, 1.165) is 9.87 Å². The van der Waals surface area contributed by atoms with Crippen molar-refractivity contribution in [3.63, 3.8) is 0 Å². The van der Waals surface area contributed by atoms with Gasteiger partial charge in [-0.05, 0) is 31.5 Å². The average Bonchev–Trinajstić information content (AvgIpc) is 2.92. The number of hydrogen-bond donors (Lipinski definition) is 0. The normalized spacial score (nSPS) is 21.2. The van der Waals surface area contributed by atoms with Crippen molar-refractivity contribution in [1.29, 1.82) is 0 Å². The topological polar surface area (TPSA) is 54.5 Å². The van der Waals surface area contributed by atoms with E-state index in [9.17, 15) is 13.2 Å². The van der Waals surface area contributed by atoms with Crippen LogP contribution in [0.2, 0.25) is 18.6 Å². The summed E-state index contributed by atoms with van der Waals surface area (Å²) >= 11 is 0. The van der Waals surface area contributed by atoms with Gasteiger partial charge in [0, 0.05) is 12.5 Å². The molecule has 0 radical (unpaired) electrons. The Balaban J connectivity index is 1.96. The highest BCUT2D eigenvalue weighted by atomic mass is 32.2. The fourth-order valence-corrected chi connectivity index (χ4v) is 9.22. The number of amides is 1. The van der Waals surface area contributed by atoms with E-state index in [1.165, 1.54) is 5.19 Å². The van der Waals surface area contributed by atoms with Gasteiger partial charge < -0.3 is 0 Å². The summed E-state index contributed by atoms with van der Waals surface area (Å²) in [5, 5.41) is 1.25. The van der Waals surface area contributed by atoms with Crippen molar-refractivity contribution in [3.8, 4) is 0 Å². The minimum absolute atomic E-state index is 0.0534. The first kappa shape index (κ1) is 18.9. The number of rotatable bonds is 4. The lowest BCUT2D eigenvalue weighted by Crippen LogP contribution is -2.50. The summed E-state index contributed by atoms with van der Waals surface area (Å²) in [6.45, 7) is 8.22. The van der Waals surface area contributed by atoms with Crippen molar-refractivity contribution in [2.24, 2.45) is 0 Å². The zero-order valence-corrected chi connectivity index (χ0v) is 17.5. The number of carbonyl (C=O) groups is 1. The summed E-state index contributed by atoms with van der Waals surface area (Å²) in [6.07, 6.45) is 0.292. The smallest absolute Gasteiger partial charge is 0.266 e. The molecule has 6 heteroatoms. The highest BCUT2D eigenvalue weighted by Gasteiger charge is 2.50. The molecule has 4 nitrogen and oxygen atoms in total. The minimum Gasteiger partial charge on any atom is -0.274 e. The van der Waals surface area contributed by atoms with Crippen LogP contribution in [0.15, 0.2) is 59.5 Å². The highest BCUT2D eigenvalue weighted by Crippen LogP contribution is 2.41. The molecule has 1 aliphatic rings. The molecule has 0 N–H and O–H groups in total. The maximum absolute atomic E-state index is 13.1. The molecule has 0 spiro atoms. The first-order valence-corrected chi connectivity index (χ1v) is 13.4. The van der Waals surface area contributed by atoms with Crippen molar-refractivity contribution < 1.29 is 13.2 Å². The molecule has 138 valence electrons. The molecule has 1 fully saturated rings. The first-order chi connectivity index (χ1) is 12.2. The Morgan fingerprint density at radius 1 is 1.00 bits per heavy atom. The molecule has 0 bridgehead atoms. The number of aryl methyl sites for hydroxylation is 1. The molecule has 0 unspecified atom stereocenters. The van der Waals surface area contributed by atoms with E-state index in [1.54, 1.807) is 24.3 Å². The van der Waals surface area contributed by atoms with E-state index >= 15 is 0 Å². The lowest BCUT2D eigenvalue weighted by molar-refractivity contribution is -0.124. The van der Waals surface area contributed by atoms with E-state index in [-0.39, 0.29) is 22.4 Å². The van der Waals surface area contributed by atoms with E-state index in [1.807, 2.05) is 32.0 Å². The van der Waals surface area contributed by atoms with Crippen LogP contribution in [0.4, 0.5) is 0 Å². The molecule has 1 aliphatic heterocycles. The second-order valence-corrected chi connectivity index (χ2v) is 14.2. The standard InChI is InChI=1S/C20H25NO3SSi/c1-15-10-12-17(13-11-15)25(23,24)21-16(2)19(14-20(21)22)26(3,4)18-8-6-5-7-9-18/h5-13,16,19H,14H2,1-4H3/t16-,19+/m0/s1. The summed E-state index contributed by atoms with van der Waals surface area (Å²) in [5.74, 6) is -0.292. The van der Waals surface area contributed by atoms with Crippen LogP contribution in [0.3, 0.4) is 0 Å². The van der Waals surface area contributed by atoms with Gasteiger partial charge in [-0.2, -0.15) is 0 Å². The fraction of sp³-hybridized carbons (Fsp3) is 0.350. The summed E-state index contributed by atoms with van der Waals surface area (Å²) in [4.78, 5) is 12.9. The van der Waals surface area contributed by atoms with Crippen LogP contribution in [0.1, 0.15) is 18.9 Å². The average molecular weight is 388 g/mol. The van der Waals surface area contributed by atoms with Crippen LogP contribution in [-0.4, -0.2) is 32.7 Å². The van der Waals surface area contributed by atoms with Gasteiger partial charge >= 0.3 is 0 Å². The minimum atomic E-state index is -3.82. The van der Waals surface area contributed by atoms with Crippen molar-refractivity contribution in [2.75, 3.05) is 0 Å². The second kappa shape index (κ2) is 6.67. The molecule has 0 aliphatic carbocycles. The number of hydrogen-bond acceptors (Lipinski definition) is 3. The summed E-state index contributed by atoms with van der Waals surface area (Å²) in [6, 6.07) is 16.5. The van der Waals surface area contributed by atoms with Crippen LogP contribution in [0.25, 0.3) is 0 Å². The predicted octanol–water partition coefficient (Wildman–Crippen LogP) is 3.29. The van der Waals surface area contributed by atoms with Gasteiger partial charge in [-0.15, -0.1) is 0 Å². The monoisotopic (exact) mass is 387 g/mol. The summed E-state index contributed by atoms with van der Waals surface area (Å²) in [7, 11) is -5.83. The van der Waals surface area contributed by atoms with Crippen molar-refractivity contribution in [1.82, 2.24) is 4.31 Å². The van der Waals surface area contributed by atoms with E-state index in [2.05, 4.69) is 25.2 Å². The molecule has 0 aromatic heterocycles. The van der Waals surface area contributed by atoms with Crippen LogP contribution in [-0.2, 0) is 14.8 Å². The third-order valence-corrected chi connectivity index (χ3v) is 11.9. The molecule has 2 aromatic carbocycles. The van der Waals surface area contributed by atoms with E-state index in [0.29, 0.717) is 6.42 Å². The molecule has 1 saturated heterocycles. The Labute approximate surface area is 156 Å². The van der Waals surface area contributed by atoms with Crippen LogP contribution >= 0.6 is 0 Å². The van der Waals surface area contributed by atoms with Gasteiger partial charge in [0.15, 0.2) is 0 Å². The van der Waals surface area contributed by atoms with Gasteiger partial charge in [-0.25, -0.2) is 12.7 Å². The Hall–Kier alpha value is -1.92. The molecule has 3 rings (SSSR count). The van der Waals surface area contributed by atoms with Crippen LogP contribution in [0, 0.1) is 6.92 Å². The van der Waals surface area contributed by atoms with Gasteiger partial charge in [0.05, 0.1) is 13.0 Å². The van der Waals surface area contributed by atoms with Crippen molar-refractivity contribution in [2.45, 2.75) is 49.8 Å². The van der Waals surface area contributed by atoms with Crippen LogP contribution < -0.4 is 5.19 Å². The Morgan fingerprint density at radius 2 is 1.58 bits per heavy atom. The Kier molecular flexibility index (Phi) is 4.83. The Morgan fingerprint density at radius 3 is 2.15 bits per heavy atom. The molecule has 2 aromatic rings. The second-order valence-electron chi connectivity index (χ2n) is 7.65. The fourth-order valence-electron chi connectivity index (χ4n) is 3.96. The predicted molar refractivity (Wildman–Crippen MR) is 107 cm³/mol. The third kappa shape index (κ3) is 3.12. The summed E-state index contributed by atoms with van der Waals surface area (Å²) in [5.41, 5.74) is 1.04. The maximum atomic E-state index is 13.1. The number of nitrogens with zero attached hydrogens (tertiary/aromatic N) is 1. The summed E-state index contributed by atoms with van der Waals surface area (Å²) < 4.78 is 27.3. The molecular weight excluding hydrogens is 362 g/mol. The molecular formula is C20H25NO3SSi. The van der Waals surface area contributed by atoms with E-state index in [4.69, 9.17) is 0 Å². The number of benzene rings is 2. The molecule has 26 heavy (non-hydrogen) atoms. The van der Waals surface area contributed by atoms with Gasteiger partial charge in [0.25, 0.3) is 10.0 Å². The largest absolute Gasteiger partial charge is 0.274 e. The van der Waals surface area contributed by atoms with Gasteiger partial charge in [0.1, 0.15) is 0 Å².